The van der Waals surface area contributed by atoms with E-state index in [1.165, 1.54) is 24.5 Å². The van der Waals surface area contributed by atoms with Gasteiger partial charge in [-0.05, 0) is 28.1 Å². The van der Waals surface area contributed by atoms with E-state index in [1.54, 1.807) is 6.07 Å². The van der Waals surface area contributed by atoms with Gasteiger partial charge in [-0.1, -0.05) is 6.07 Å². The zero-order valence-corrected chi connectivity index (χ0v) is 11.0. The van der Waals surface area contributed by atoms with Gasteiger partial charge >= 0.3 is 0 Å². The Hall–Kier alpha value is -2.24. The van der Waals surface area contributed by atoms with Crippen LogP contribution in [0.15, 0.2) is 29.0 Å². The molecule has 19 heavy (non-hydrogen) atoms. The van der Waals surface area contributed by atoms with E-state index in [-0.39, 0.29) is 17.2 Å². The molecule has 6 nitrogen and oxygen atoms in total. The fourth-order valence-electron chi connectivity index (χ4n) is 1.33. The summed E-state index contributed by atoms with van der Waals surface area (Å²) in [6.45, 7) is 0. The minimum absolute atomic E-state index is 0.0601. The number of benzene rings is 1. The van der Waals surface area contributed by atoms with Gasteiger partial charge in [-0.3, -0.25) is 0 Å². The number of nitriles is 1. The molecule has 0 radical (unpaired) electrons. The Balaban J connectivity index is 2.43. The molecule has 0 aliphatic rings. The molecule has 0 spiro atoms. The Bertz CT molecular complexity index is 658. The molecular formula is C11H7BrFN5O. The van der Waals surface area contributed by atoms with E-state index in [2.05, 4.69) is 31.3 Å². The third-order valence-corrected chi connectivity index (χ3v) is 2.90. The zero-order valence-electron chi connectivity index (χ0n) is 9.39. The van der Waals surface area contributed by atoms with Crippen molar-refractivity contribution in [1.82, 2.24) is 9.97 Å². The molecular weight excluding hydrogens is 317 g/mol. The van der Waals surface area contributed by atoms with Crippen LogP contribution in [0.25, 0.3) is 0 Å². The first-order chi connectivity index (χ1) is 9.17. The second-order valence-corrected chi connectivity index (χ2v) is 4.11. The Morgan fingerprint density at radius 2 is 2.21 bits per heavy atom. The van der Waals surface area contributed by atoms with Crippen LogP contribution in [0.3, 0.4) is 0 Å². The first-order valence-corrected chi connectivity index (χ1v) is 5.80. The lowest BCUT2D eigenvalue weighted by Gasteiger charge is -2.09. The van der Waals surface area contributed by atoms with E-state index in [4.69, 9.17) is 15.8 Å². The highest BCUT2D eigenvalue weighted by molar-refractivity contribution is 9.10. The maximum atomic E-state index is 13.4. The number of ether oxygens (including phenoxy) is 1. The van der Waals surface area contributed by atoms with E-state index in [9.17, 15) is 4.39 Å². The van der Waals surface area contributed by atoms with Crippen LogP contribution in [0.2, 0.25) is 0 Å². The molecule has 0 aliphatic heterocycles. The molecule has 1 heterocycles. The van der Waals surface area contributed by atoms with Gasteiger partial charge in [-0.25, -0.2) is 20.2 Å². The lowest BCUT2D eigenvalue weighted by molar-refractivity contribution is 0.452. The normalized spacial score (nSPS) is 9.79. The van der Waals surface area contributed by atoms with Crippen molar-refractivity contribution in [3.8, 4) is 17.7 Å². The smallest absolute Gasteiger partial charge is 0.239 e. The van der Waals surface area contributed by atoms with Crippen molar-refractivity contribution in [3.05, 3.63) is 40.4 Å². The molecule has 0 amide bonds. The monoisotopic (exact) mass is 323 g/mol. The first-order valence-electron chi connectivity index (χ1n) is 5.01. The predicted octanol–water partition coefficient (Wildman–Crippen LogP) is 2.33. The van der Waals surface area contributed by atoms with Crippen molar-refractivity contribution < 1.29 is 9.13 Å². The summed E-state index contributed by atoms with van der Waals surface area (Å²) in [7, 11) is 0. The SMILES string of the molecule is N#Cc1c(F)cccc1Oc1ncnc(NN)c1Br. The molecule has 3 N–H and O–H groups in total. The van der Waals surface area contributed by atoms with Gasteiger partial charge in [0.25, 0.3) is 0 Å². The molecule has 0 atom stereocenters. The number of hydrazine groups is 1. The standard InChI is InChI=1S/C11H7BrFN5O/c12-9-10(18-15)16-5-17-11(9)19-8-3-1-2-7(13)6(8)4-14/h1-3,5H,15H2,(H,16,17,18). The third-order valence-electron chi connectivity index (χ3n) is 2.19. The largest absolute Gasteiger partial charge is 0.436 e. The lowest BCUT2D eigenvalue weighted by Crippen LogP contribution is -2.10. The lowest BCUT2D eigenvalue weighted by atomic mass is 10.2. The average molecular weight is 324 g/mol. The van der Waals surface area contributed by atoms with Gasteiger partial charge in [0.2, 0.25) is 5.88 Å². The second kappa shape index (κ2) is 5.60. The van der Waals surface area contributed by atoms with Crippen LogP contribution in [0.1, 0.15) is 5.56 Å². The number of anilines is 1. The Kier molecular flexibility index (Phi) is 3.89. The van der Waals surface area contributed by atoms with E-state index in [0.29, 0.717) is 10.3 Å². The fourth-order valence-corrected chi connectivity index (χ4v) is 1.73. The molecule has 0 saturated carbocycles. The van der Waals surface area contributed by atoms with Gasteiger partial charge in [0.15, 0.2) is 5.82 Å². The maximum Gasteiger partial charge on any atom is 0.239 e. The number of aromatic nitrogens is 2. The predicted molar refractivity (Wildman–Crippen MR) is 68.7 cm³/mol. The Morgan fingerprint density at radius 3 is 2.89 bits per heavy atom. The van der Waals surface area contributed by atoms with Crippen LogP contribution in [0.4, 0.5) is 10.2 Å². The van der Waals surface area contributed by atoms with Gasteiger partial charge in [0.05, 0.1) is 0 Å². The summed E-state index contributed by atoms with van der Waals surface area (Å²) in [5, 5.41) is 8.90. The van der Waals surface area contributed by atoms with E-state index in [0.717, 1.165) is 0 Å². The third kappa shape index (κ3) is 2.62. The molecule has 1 aromatic carbocycles. The molecule has 0 unspecified atom stereocenters. The highest BCUT2D eigenvalue weighted by Gasteiger charge is 2.14. The first kappa shape index (κ1) is 13.2. The molecule has 2 aromatic rings. The number of nitrogens with two attached hydrogens (primary N) is 1. The minimum atomic E-state index is -0.664. The van der Waals surface area contributed by atoms with Gasteiger partial charge in [0, 0.05) is 0 Å². The van der Waals surface area contributed by atoms with Crippen molar-refractivity contribution in [2.75, 3.05) is 5.43 Å². The van der Waals surface area contributed by atoms with Crippen molar-refractivity contribution in [1.29, 1.82) is 5.26 Å². The highest BCUT2D eigenvalue weighted by atomic mass is 79.9. The summed E-state index contributed by atoms with van der Waals surface area (Å²) in [5.74, 6) is 5.07. The highest BCUT2D eigenvalue weighted by Crippen LogP contribution is 2.33. The molecule has 0 bridgehead atoms. The number of nitrogens with zero attached hydrogens (tertiary/aromatic N) is 3. The van der Waals surface area contributed by atoms with Gasteiger partial charge < -0.3 is 10.2 Å². The van der Waals surface area contributed by atoms with Crippen molar-refractivity contribution >= 4 is 21.7 Å². The molecule has 1 aromatic heterocycles. The summed E-state index contributed by atoms with van der Waals surface area (Å²) in [6.07, 6.45) is 1.22. The molecule has 8 heteroatoms. The molecule has 96 valence electrons. The Labute approximate surface area is 116 Å². The number of nitrogens with one attached hydrogen (secondary N) is 1. The molecule has 2 rings (SSSR count). The van der Waals surface area contributed by atoms with Crippen LogP contribution < -0.4 is 16.0 Å². The van der Waals surface area contributed by atoms with E-state index in [1.807, 2.05) is 0 Å². The number of halogens is 2. The van der Waals surface area contributed by atoms with Gasteiger partial charge in [-0.2, -0.15) is 5.26 Å². The summed E-state index contributed by atoms with van der Waals surface area (Å²) in [6, 6.07) is 5.80. The van der Waals surface area contributed by atoms with Crippen LogP contribution in [-0.2, 0) is 0 Å². The van der Waals surface area contributed by atoms with Crippen LogP contribution in [-0.4, -0.2) is 9.97 Å². The second-order valence-electron chi connectivity index (χ2n) is 3.31. The number of nitrogen functional groups attached to an aromatic ring is 1. The summed E-state index contributed by atoms with van der Waals surface area (Å²) in [5.41, 5.74) is 2.15. The fraction of sp³-hybridized carbons (Fsp3) is 0. The molecule has 0 fully saturated rings. The van der Waals surface area contributed by atoms with Gasteiger partial charge in [-0.15, -0.1) is 0 Å². The van der Waals surface area contributed by atoms with Crippen molar-refractivity contribution in [2.45, 2.75) is 0 Å². The average Bonchev–Trinajstić information content (AvgIpc) is 2.41. The summed E-state index contributed by atoms with van der Waals surface area (Å²) >= 11 is 3.19. The van der Waals surface area contributed by atoms with Crippen molar-refractivity contribution in [3.63, 3.8) is 0 Å². The molecule has 0 aliphatic carbocycles. The maximum absolute atomic E-state index is 13.4. The number of rotatable bonds is 3. The number of hydrogen-bond acceptors (Lipinski definition) is 6. The summed E-state index contributed by atoms with van der Waals surface area (Å²) < 4.78 is 19.2. The summed E-state index contributed by atoms with van der Waals surface area (Å²) in [4.78, 5) is 7.73. The zero-order chi connectivity index (χ0) is 13.8. The Morgan fingerprint density at radius 1 is 1.42 bits per heavy atom. The van der Waals surface area contributed by atoms with E-state index < -0.39 is 5.82 Å². The van der Waals surface area contributed by atoms with Crippen molar-refractivity contribution in [2.24, 2.45) is 5.84 Å². The quantitative estimate of drug-likeness (QED) is 0.664. The van der Waals surface area contributed by atoms with Crippen LogP contribution >= 0.6 is 15.9 Å². The van der Waals surface area contributed by atoms with E-state index >= 15 is 0 Å². The van der Waals surface area contributed by atoms with Gasteiger partial charge in [0.1, 0.15) is 34.0 Å². The topological polar surface area (TPSA) is 96.8 Å². The minimum Gasteiger partial charge on any atom is -0.436 e. The van der Waals surface area contributed by atoms with Crippen LogP contribution in [0, 0.1) is 17.1 Å². The number of hydrogen-bond donors (Lipinski definition) is 2. The van der Waals surface area contributed by atoms with Crippen LogP contribution in [0.5, 0.6) is 11.6 Å². The molecule has 0 saturated heterocycles.